The van der Waals surface area contributed by atoms with Crippen LogP contribution in [-0.4, -0.2) is 10.2 Å². The topological polar surface area (TPSA) is 78.5 Å². The fourth-order valence-corrected chi connectivity index (χ4v) is 1.56. The molecule has 0 heterocycles. The van der Waals surface area contributed by atoms with Crippen LogP contribution in [0.2, 0.25) is 0 Å². The van der Waals surface area contributed by atoms with Crippen molar-refractivity contribution in [3.8, 4) is 11.5 Å². The van der Waals surface area contributed by atoms with E-state index in [-0.39, 0.29) is 11.5 Å². The second kappa shape index (κ2) is 4.25. The highest BCUT2D eigenvalue weighted by Crippen LogP contribution is 2.37. The van der Waals surface area contributed by atoms with Gasteiger partial charge in [-0.1, -0.05) is 18.2 Å². The second-order valence-electron chi connectivity index (χ2n) is 3.84. The molecule has 0 bridgehead atoms. The lowest BCUT2D eigenvalue weighted by Crippen LogP contribution is -1.98. The number of nitrogens with one attached hydrogen (secondary N) is 1. The van der Waals surface area contributed by atoms with Gasteiger partial charge in [0.2, 0.25) is 0 Å². The van der Waals surface area contributed by atoms with Gasteiger partial charge in [0, 0.05) is 0 Å². The zero-order valence-corrected chi connectivity index (χ0v) is 9.44. The van der Waals surface area contributed by atoms with Gasteiger partial charge in [-0.05, 0) is 30.7 Å². The molecule has 0 saturated heterocycles. The average molecular weight is 230 g/mol. The van der Waals surface area contributed by atoms with Crippen molar-refractivity contribution in [3.63, 3.8) is 0 Å². The van der Waals surface area contributed by atoms with E-state index in [0.29, 0.717) is 17.1 Å². The molecule has 0 aliphatic heterocycles. The lowest BCUT2D eigenvalue weighted by Gasteiger charge is -2.13. The Hall–Kier alpha value is -2.36. The van der Waals surface area contributed by atoms with Crippen LogP contribution in [0.15, 0.2) is 36.4 Å². The summed E-state index contributed by atoms with van der Waals surface area (Å²) in [6.07, 6.45) is 0. The molecule has 0 unspecified atom stereocenters. The first-order valence-corrected chi connectivity index (χ1v) is 5.22. The van der Waals surface area contributed by atoms with Crippen LogP contribution in [0.5, 0.6) is 11.5 Å². The molecule has 2 rings (SSSR count). The highest BCUT2D eigenvalue weighted by Gasteiger charge is 2.10. The highest BCUT2D eigenvalue weighted by atomic mass is 16.3. The molecule has 88 valence electrons. The summed E-state index contributed by atoms with van der Waals surface area (Å²) in [7, 11) is 0. The molecule has 0 saturated carbocycles. The molecule has 2 aromatic rings. The van der Waals surface area contributed by atoms with Gasteiger partial charge in [0.05, 0.1) is 11.4 Å². The Morgan fingerprint density at radius 2 is 1.76 bits per heavy atom. The lowest BCUT2D eigenvalue weighted by atomic mass is 10.1. The van der Waals surface area contributed by atoms with Gasteiger partial charge < -0.3 is 21.3 Å². The number of benzene rings is 2. The average Bonchev–Trinajstić information content (AvgIpc) is 2.32. The Kier molecular flexibility index (Phi) is 2.78. The number of hydrogen-bond acceptors (Lipinski definition) is 4. The summed E-state index contributed by atoms with van der Waals surface area (Å²) in [5.41, 5.74) is 7.84. The van der Waals surface area contributed by atoms with Crippen molar-refractivity contribution in [2.45, 2.75) is 6.92 Å². The minimum Gasteiger partial charge on any atom is -0.506 e. The summed E-state index contributed by atoms with van der Waals surface area (Å²) in [5.74, 6) is 0.195. The normalized spacial score (nSPS) is 10.2. The minimum absolute atomic E-state index is 0.0910. The molecule has 0 aliphatic carbocycles. The third kappa shape index (κ3) is 2.10. The lowest BCUT2D eigenvalue weighted by molar-refractivity contribution is 0.472. The molecule has 17 heavy (non-hydrogen) atoms. The first-order valence-electron chi connectivity index (χ1n) is 5.22. The molecule has 0 aliphatic rings. The van der Waals surface area contributed by atoms with Gasteiger partial charge in [0.1, 0.15) is 17.2 Å². The van der Waals surface area contributed by atoms with Crippen LogP contribution < -0.4 is 11.1 Å². The van der Waals surface area contributed by atoms with Crippen LogP contribution in [0.25, 0.3) is 0 Å². The summed E-state index contributed by atoms with van der Waals surface area (Å²) >= 11 is 0. The van der Waals surface area contributed by atoms with E-state index in [1.807, 2.05) is 0 Å². The van der Waals surface area contributed by atoms with Crippen molar-refractivity contribution in [1.82, 2.24) is 0 Å². The van der Waals surface area contributed by atoms with Crippen LogP contribution in [0, 0.1) is 6.92 Å². The van der Waals surface area contributed by atoms with Crippen LogP contribution >= 0.6 is 0 Å². The van der Waals surface area contributed by atoms with E-state index in [4.69, 9.17) is 5.73 Å². The molecule has 0 amide bonds. The fraction of sp³-hybridized carbons (Fsp3) is 0.0769. The van der Waals surface area contributed by atoms with Crippen molar-refractivity contribution in [2.75, 3.05) is 11.1 Å². The number of aromatic hydroxyl groups is 2. The monoisotopic (exact) mass is 230 g/mol. The minimum atomic E-state index is 0.0910. The summed E-state index contributed by atoms with van der Waals surface area (Å²) in [6, 6.07) is 10.2. The number of nitrogen functional groups attached to an aromatic ring is 1. The third-order valence-corrected chi connectivity index (χ3v) is 2.58. The van der Waals surface area contributed by atoms with Crippen LogP contribution in [0.1, 0.15) is 5.56 Å². The second-order valence-corrected chi connectivity index (χ2v) is 3.84. The van der Waals surface area contributed by atoms with E-state index in [1.165, 1.54) is 0 Å². The number of hydrogen-bond donors (Lipinski definition) is 4. The van der Waals surface area contributed by atoms with Gasteiger partial charge >= 0.3 is 0 Å². The van der Waals surface area contributed by atoms with Crippen LogP contribution in [0.3, 0.4) is 0 Å². The predicted molar refractivity (Wildman–Crippen MR) is 68.6 cm³/mol. The largest absolute Gasteiger partial charge is 0.506 e. The maximum atomic E-state index is 9.91. The third-order valence-electron chi connectivity index (χ3n) is 2.58. The zero-order chi connectivity index (χ0) is 12.4. The molecule has 0 atom stereocenters. The van der Waals surface area contributed by atoms with Crippen LogP contribution in [-0.2, 0) is 0 Å². The molecular formula is C13H14N2O2. The number of para-hydroxylation sites is 2. The SMILES string of the molecule is Cc1ccc(N)c(Nc2ccccc2O)c1O. The maximum Gasteiger partial charge on any atom is 0.144 e. The molecule has 0 aromatic heterocycles. The Bertz CT molecular complexity index is 553. The van der Waals surface area contributed by atoms with Gasteiger partial charge in [-0.25, -0.2) is 0 Å². The van der Waals surface area contributed by atoms with Gasteiger partial charge in [-0.15, -0.1) is 0 Å². The first-order chi connectivity index (χ1) is 8.09. The Balaban J connectivity index is 2.43. The van der Waals surface area contributed by atoms with Crippen LogP contribution in [0.4, 0.5) is 17.1 Å². The first kappa shape index (κ1) is 11.1. The zero-order valence-electron chi connectivity index (χ0n) is 9.44. The summed E-state index contributed by atoms with van der Waals surface area (Å²) in [5, 5.41) is 22.5. The molecule has 4 nitrogen and oxygen atoms in total. The molecule has 0 spiro atoms. The van der Waals surface area contributed by atoms with Crippen molar-refractivity contribution >= 4 is 17.1 Å². The molecule has 4 heteroatoms. The Labute approximate surface area is 99.3 Å². The van der Waals surface area contributed by atoms with Gasteiger partial charge in [0.25, 0.3) is 0 Å². The van der Waals surface area contributed by atoms with E-state index in [1.54, 1.807) is 43.3 Å². The number of anilines is 3. The molecule has 5 N–H and O–H groups in total. The molecule has 0 radical (unpaired) electrons. The standard InChI is InChI=1S/C13H14N2O2/c1-8-6-7-9(14)12(13(8)17)15-10-4-2-3-5-11(10)16/h2-7,15-17H,14H2,1H3. The van der Waals surface area contributed by atoms with Crippen molar-refractivity contribution in [3.05, 3.63) is 42.0 Å². The predicted octanol–water partition coefficient (Wildman–Crippen LogP) is 2.73. The van der Waals surface area contributed by atoms with E-state index in [0.717, 1.165) is 5.56 Å². The van der Waals surface area contributed by atoms with Crippen molar-refractivity contribution in [2.24, 2.45) is 0 Å². The number of nitrogens with two attached hydrogens (primary N) is 1. The Morgan fingerprint density at radius 3 is 2.47 bits per heavy atom. The smallest absolute Gasteiger partial charge is 0.144 e. The summed E-state index contributed by atoms with van der Waals surface area (Å²) in [4.78, 5) is 0. The molecular weight excluding hydrogens is 216 g/mol. The summed E-state index contributed by atoms with van der Waals surface area (Å²) in [6.45, 7) is 1.78. The van der Waals surface area contributed by atoms with Gasteiger partial charge in [0.15, 0.2) is 0 Å². The van der Waals surface area contributed by atoms with E-state index in [2.05, 4.69) is 5.32 Å². The molecule has 0 fully saturated rings. The fourth-order valence-electron chi connectivity index (χ4n) is 1.56. The number of rotatable bonds is 2. The van der Waals surface area contributed by atoms with Gasteiger partial charge in [-0.2, -0.15) is 0 Å². The van der Waals surface area contributed by atoms with Crippen molar-refractivity contribution < 1.29 is 10.2 Å². The maximum absolute atomic E-state index is 9.91. The summed E-state index contributed by atoms with van der Waals surface area (Å²) < 4.78 is 0. The quantitative estimate of drug-likeness (QED) is 0.472. The highest BCUT2D eigenvalue weighted by molar-refractivity contribution is 5.81. The van der Waals surface area contributed by atoms with Crippen molar-refractivity contribution in [1.29, 1.82) is 0 Å². The Morgan fingerprint density at radius 1 is 1.06 bits per heavy atom. The van der Waals surface area contributed by atoms with E-state index >= 15 is 0 Å². The van der Waals surface area contributed by atoms with E-state index in [9.17, 15) is 10.2 Å². The van der Waals surface area contributed by atoms with E-state index < -0.39 is 0 Å². The number of phenols is 2. The number of aryl methyl sites for hydroxylation is 1. The molecule has 2 aromatic carbocycles. The van der Waals surface area contributed by atoms with Gasteiger partial charge in [-0.3, -0.25) is 0 Å². The number of phenolic OH excluding ortho intramolecular Hbond substituents is 2.